The minimum atomic E-state index is -2.80. The van der Waals surface area contributed by atoms with Gasteiger partial charge in [0, 0.05) is 22.4 Å². The summed E-state index contributed by atoms with van der Waals surface area (Å²) >= 11 is 0. The van der Waals surface area contributed by atoms with E-state index in [0.717, 1.165) is 35.8 Å². The van der Waals surface area contributed by atoms with Crippen LogP contribution in [0.25, 0.3) is 0 Å². The fourth-order valence-corrected chi connectivity index (χ4v) is 9.45. The van der Waals surface area contributed by atoms with Crippen molar-refractivity contribution < 1.29 is 9.13 Å². The van der Waals surface area contributed by atoms with Gasteiger partial charge in [-0.2, -0.15) is 0 Å². The van der Waals surface area contributed by atoms with Crippen LogP contribution < -0.4 is 10.6 Å². The lowest BCUT2D eigenvalue weighted by Crippen LogP contribution is -2.26. The fourth-order valence-electron chi connectivity index (χ4n) is 4.60. The number of rotatable bonds is 6. The van der Waals surface area contributed by atoms with Crippen LogP contribution in [-0.2, 0) is 15.6 Å². The van der Waals surface area contributed by atoms with Gasteiger partial charge in [-0.25, -0.2) is 0 Å². The van der Waals surface area contributed by atoms with Crippen molar-refractivity contribution in [2.75, 3.05) is 12.3 Å². The molecule has 1 saturated heterocycles. The molecule has 29 heavy (non-hydrogen) atoms. The van der Waals surface area contributed by atoms with Crippen LogP contribution >= 0.6 is 14.9 Å². The number of hydrogen-bond donors (Lipinski definition) is 0. The minimum Gasteiger partial charge on any atom is -0.327 e. The zero-order valence-electron chi connectivity index (χ0n) is 16.8. The predicted octanol–water partition coefficient (Wildman–Crippen LogP) is 5.68. The highest BCUT2D eigenvalue weighted by molar-refractivity contribution is 7.79. The van der Waals surface area contributed by atoms with Gasteiger partial charge in [0.1, 0.15) is 7.14 Å². The van der Waals surface area contributed by atoms with Gasteiger partial charge in [0.25, 0.3) is 0 Å². The highest BCUT2D eigenvalue weighted by Crippen LogP contribution is 2.50. The second-order valence-electron chi connectivity index (χ2n) is 8.06. The van der Waals surface area contributed by atoms with Crippen LogP contribution in [0.3, 0.4) is 0 Å². The molecule has 0 spiro atoms. The highest BCUT2D eigenvalue weighted by atomic mass is 31.2. The summed E-state index contributed by atoms with van der Waals surface area (Å²) in [6, 6.07) is 28.3. The lowest BCUT2D eigenvalue weighted by molar-refractivity contribution is 0.578. The second-order valence-corrected chi connectivity index (χ2v) is 13.3. The van der Waals surface area contributed by atoms with Crippen molar-refractivity contribution in [3.63, 3.8) is 0 Å². The first-order chi connectivity index (χ1) is 14.1. The lowest BCUT2D eigenvalue weighted by atomic mass is 9.92. The number of benzene rings is 3. The molecule has 3 aromatic carbocycles. The number of hydrogen-bond acceptors (Lipinski definition) is 2. The third kappa shape index (κ3) is 4.20. The molecule has 3 unspecified atom stereocenters. The van der Waals surface area contributed by atoms with Crippen molar-refractivity contribution in [3.05, 3.63) is 96.1 Å². The summed E-state index contributed by atoms with van der Waals surface area (Å²) < 4.78 is 26.6. The summed E-state index contributed by atoms with van der Waals surface area (Å²) in [4.78, 5) is 0. The molecule has 3 aromatic rings. The smallest absolute Gasteiger partial charge is 0.146 e. The summed E-state index contributed by atoms with van der Waals surface area (Å²) in [6.45, 7) is 2.12. The summed E-state index contributed by atoms with van der Waals surface area (Å²) in [5, 5.41) is 1.84. The third-order valence-corrected chi connectivity index (χ3v) is 11.5. The van der Waals surface area contributed by atoms with Crippen molar-refractivity contribution in [2.24, 2.45) is 0 Å². The van der Waals surface area contributed by atoms with Gasteiger partial charge < -0.3 is 9.13 Å². The van der Waals surface area contributed by atoms with Gasteiger partial charge in [-0.15, -0.1) is 0 Å². The fraction of sp³-hybridized carbons (Fsp3) is 0.280. The molecule has 0 amide bonds. The molecule has 1 heterocycles. The Labute approximate surface area is 174 Å². The molecule has 0 saturated carbocycles. The maximum Gasteiger partial charge on any atom is 0.146 e. The molecule has 150 valence electrons. The van der Waals surface area contributed by atoms with Gasteiger partial charge in [-0.1, -0.05) is 91.9 Å². The molecule has 1 fully saturated rings. The average Bonchev–Trinajstić information content (AvgIpc) is 3.21. The van der Waals surface area contributed by atoms with Gasteiger partial charge in [0.05, 0.1) is 7.80 Å². The quantitative estimate of drug-likeness (QED) is 0.479. The van der Waals surface area contributed by atoms with Gasteiger partial charge in [-0.05, 0) is 36.0 Å². The normalized spacial score (nSPS) is 20.4. The van der Waals surface area contributed by atoms with Gasteiger partial charge in [-0.3, -0.25) is 0 Å². The van der Waals surface area contributed by atoms with Crippen molar-refractivity contribution in [1.82, 2.24) is 0 Å². The summed E-state index contributed by atoms with van der Waals surface area (Å²) in [5.74, 6) is 0.387. The Balaban J connectivity index is 1.71. The zero-order valence-corrected chi connectivity index (χ0v) is 18.7. The molecule has 1 aliphatic rings. The average molecular weight is 422 g/mol. The first-order valence-corrected chi connectivity index (χ1v) is 14.0. The summed E-state index contributed by atoms with van der Waals surface area (Å²) in [5.41, 5.74) is 2.54. The maximum absolute atomic E-state index is 14.6. The Kier molecular flexibility index (Phi) is 6.23. The predicted molar refractivity (Wildman–Crippen MR) is 125 cm³/mol. The van der Waals surface area contributed by atoms with Crippen molar-refractivity contribution in [3.8, 4) is 0 Å². The standard InChI is InChI=1S/C25H28O2P2/c1-20(18-21-10-8-9-15-25(21)22-16-17-28(26)19-22)29(27,23-11-4-2-5-12-23)24-13-6-3-7-14-24/h2-15,20,22,28H,16-19H2,1H3. The molecule has 4 rings (SSSR count). The SMILES string of the molecule is CC(Cc1ccccc1C1CC[PH](=O)C1)P(=O)(c1ccccc1)c1ccccc1. The molecule has 0 aliphatic carbocycles. The Hall–Kier alpha value is -1.88. The van der Waals surface area contributed by atoms with E-state index in [4.69, 9.17) is 0 Å². The summed E-state index contributed by atoms with van der Waals surface area (Å²) in [7, 11) is -4.21. The van der Waals surface area contributed by atoms with Crippen molar-refractivity contribution >= 4 is 25.6 Å². The van der Waals surface area contributed by atoms with Crippen LogP contribution in [0.5, 0.6) is 0 Å². The Morgan fingerprint density at radius 1 is 0.897 bits per heavy atom. The molecular formula is C25H28O2P2. The molecule has 1 aliphatic heterocycles. The molecule has 3 atom stereocenters. The minimum absolute atomic E-state index is 0.0214. The molecule has 4 heteroatoms. The monoisotopic (exact) mass is 422 g/mol. The van der Waals surface area contributed by atoms with Crippen LogP contribution in [0.15, 0.2) is 84.9 Å². The van der Waals surface area contributed by atoms with E-state index in [0.29, 0.717) is 5.92 Å². The molecule has 0 N–H and O–H groups in total. The van der Waals surface area contributed by atoms with Gasteiger partial charge >= 0.3 is 0 Å². The van der Waals surface area contributed by atoms with Crippen LogP contribution in [0, 0.1) is 0 Å². The third-order valence-electron chi connectivity index (χ3n) is 6.16. The molecule has 2 nitrogen and oxygen atoms in total. The second kappa shape index (κ2) is 8.86. The highest BCUT2D eigenvalue weighted by Gasteiger charge is 2.34. The van der Waals surface area contributed by atoms with E-state index in [2.05, 4.69) is 31.2 Å². The molecular weight excluding hydrogens is 394 g/mol. The topological polar surface area (TPSA) is 34.1 Å². The van der Waals surface area contributed by atoms with Crippen molar-refractivity contribution in [2.45, 2.75) is 31.3 Å². The molecule has 0 bridgehead atoms. The van der Waals surface area contributed by atoms with E-state index in [1.54, 1.807) is 0 Å². The van der Waals surface area contributed by atoms with Crippen LogP contribution in [0.4, 0.5) is 0 Å². The van der Waals surface area contributed by atoms with E-state index in [-0.39, 0.29) is 5.66 Å². The Bertz CT molecular complexity index is 987. The lowest BCUT2D eigenvalue weighted by Gasteiger charge is -2.27. The summed E-state index contributed by atoms with van der Waals surface area (Å²) in [6.07, 6.45) is 3.46. The van der Waals surface area contributed by atoms with Crippen LogP contribution in [0.1, 0.15) is 30.4 Å². The molecule has 0 radical (unpaired) electrons. The largest absolute Gasteiger partial charge is 0.327 e. The maximum atomic E-state index is 14.6. The van der Waals surface area contributed by atoms with Crippen molar-refractivity contribution in [1.29, 1.82) is 0 Å². The van der Waals surface area contributed by atoms with Gasteiger partial charge in [0.15, 0.2) is 0 Å². The Morgan fingerprint density at radius 2 is 1.45 bits per heavy atom. The van der Waals surface area contributed by atoms with Crippen LogP contribution in [-0.4, -0.2) is 18.0 Å². The van der Waals surface area contributed by atoms with Gasteiger partial charge in [0.2, 0.25) is 0 Å². The van der Waals surface area contributed by atoms with E-state index in [9.17, 15) is 9.13 Å². The first-order valence-electron chi connectivity index (χ1n) is 10.4. The first kappa shape index (κ1) is 20.4. The van der Waals surface area contributed by atoms with E-state index >= 15 is 0 Å². The zero-order chi connectivity index (χ0) is 20.3. The van der Waals surface area contributed by atoms with E-state index < -0.39 is 14.9 Å². The van der Waals surface area contributed by atoms with E-state index in [1.807, 2.05) is 60.7 Å². The Morgan fingerprint density at radius 3 is 2.00 bits per heavy atom. The van der Waals surface area contributed by atoms with E-state index in [1.165, 1.54) is 11.1 Å². The molecule has 0 aromatic heterocycles. The van der Waals surface area contributed by atoms with Crippen LogP contribution in [0.2, 0.25) is 0 Å².